The van der Waals surface area contributed by atoms with Gasteiger partial charge < -0.3 is 19.7 Å². The van der Waals surface area contributed by atoms with Gasteiger partial charge in [-0.05, 0) is 67.4 Å². The molecule has 172 valence electrons. The summed E-state index contributed by atoms with van der Waals surface area (Å²) in [6.45, 7) is 2.44. The van der Waals surface area contributed by atoms with Crippen LogP contribution in [0.2, 0.25) is 0 Å². The van der Waals surface area contributed by atoms with Crippen LogP contribution in [0.5, 0.6) is 11.5 Å². The summed E-state index contributed by atoms with van der Waals surface area (Å²) in [7, 11) is 3.42. The zero-order valence-electron chi connectivity index (χ0n) is 19.3. The monoisotopic (exact) mass is 446 g/mol. The van der Waals surface area contributed by atoms with Gasteiger partial charge in [0.2, 0.25) is 5.91 Å². The maximum absolute atomic E-state index is 12.7. The summed E-state index contributed by atoms with van der Waals surface area (Å²) in [6, 6.07) is 23.9. The molecule has 0 aliphatic rings. The maximum Gasteiger partial charge on any atom is 0.255 e. The molecule has 1 atom stereocenters. The molecule has 0 saturated heterocycles. The predicted octanol–water partition coefficient (Wildman–Crippen LogP) is 5.33. The molecule has 0 aromatic heterocycles. The number of nitrogens with one attached hydrogen (secondary N) is 1. The number of anilines is 1. The molecule has 3 aromatic rings. The van der Waals surface area contributed by atoms with Crippen molar-refractivity contribution in [3.63, 3.8) is 0 Å². The average Bonchev–Trinajstić information content (AvgIpc) is 2.86. The molecule has 0 heterocycles. The Labute approximate surface area is 195 Å². The lowest BCUT2D eigenvalue weighted by Crippen LogP contribution is -2.29. The molecule has 0 radical (unpaired) electrons. The van der Waals surface area contributed by atoms with Gasteiger partial charge in [-0.1, -0.05) is 30.3 Å². The Bertz CT molecular complexity index is 1050. The van der Waals surface area contributed by atoms with Crippen LogP contribution in [0.4, 0.5) is 5.69 Å². The van der Waals surface area contributed by atoms with Gasteiger partial charge in [0.15, 0.2) is 0 Å². The lowest BCUT2D eigenvalue weighted by Gasteiger charge is -2.26. The first-order valence-corrected chi connectivity index (χ1v) is 11.0. The first-order valence-electron chi connectivity index (χ1n) is 11.0. The second-order valence-corrected chi connectivity index (χ2v) is 7.75. The van der Waals surface area contributed by atoms with E-state index >= 15 is 0 Å². The fraction of sp³-hybridized carbons (Fsp3) is 0.259. The number of rotatable bonds is 10. The van der Waals surface area contributed by atoms with Gasteiger partial charge in [0, 0.05) is 24.7 Å². The highest BCUT2D eigenvalue weighted by Gasteiger charge is 2.18. The van der Waals surface area contributed by atoms with Gasteiger partial charge in [-0.15, -0.1) is 0 Å². The van der Waals surface area contributed by atoms with E-state index in [1.165, 1.54) is 0 Å². The summed E-state index contributed by atoms with van der Waals surface area (Å²) in [6.07, 6.45) is 1.01. The largest absolute Gasteiger partial charge is 0.497 e. The van der Waals surface area contributed by atoms with Crippen LogP contribution in [0.3, 0.4) is 0 Å². The second-order valence-electron chi connectivity index (χ2n) is 7.75. The SMILES string of the molecule is COc1ccc(OCCCC(=O)N(C)C(C)c2cccc(NC(=O)c3ccccc3)c2)cc1. The van der Waals surface area contributed by atoms with E-state index in [2.05, 4.69) is 5.32 Å². The first-order chi connectivity index (χ1) is 16.0. The Kier molecular flexibility index (Phi) is 8.47. The normalized spacial score (nSPS) is 11.4. The van der Waals surface area contributed by atoms with E-state index in [1.54, 1.807) is 31.2 Å². The van der Waals surface area contributed by atoms with Gasteiger partial charge in [-0.2, -0.15) is 0 Å². The molecule has 6 heteroatoms. The number of amides is 2. The van der Waals surface area contributed by atoms with E-state index in [0.29, 0.717) is 30.7 Å². The number of benzene rings is 3. The van der Waals surface area contributed by atoms with Crippen molar-refractivity contribution in [3.05, 3.63) is 90.0 Å². The molecule has 2 amide bonds. The van der Waals surface area contributed by atoms with Gasteiger partial charge in [-0.25, -0.2) is 0 Å². The number of nitrogens with zero attached hydrogens (tertiary/aromatic N) is 1. The van der Waals surface area contributed by atoms with Gasteiger partial charge in [0.1, 0.15) is 11.5 Å². The third-order valence-electron chi connectivity index (χ3n) is 5.50. The van der Waals surface area contributed by atoms with Gasteiger partial charge in [0.05, 0.1) is 19.8 Å². The van der Waals surface area contributed by atoms with Gasteiger partial charge >= 0.3 is 0 Å². The molecule has 3 rings (SSSR count). The minimum Gasteiger partial charge on any atom is -0.497 e. The summed E-state index contributed by atoms with van der Waals surface area (Å²) < 4.78 is 10.8. The molecule has 33 heavy (non-hydrogen) atoms. The summed E-state index contributed by atoms with van der Waals surface area (Å²) in [5.41, 5.74) is 2.24. The van der Waals surface area contributed by atoms with Crippen molar-refractivity contribution in [2.24, 2.45) is 0 Å². The smallest absolute Gasteiger partial charge is 0.255 e. The van der Waals surface area contributed by atoms with Crippen molar-refractivity contribution in [3.8, 4) is 11.5 Å². The topological polar surface area (TPSA) is 67.9 Å². The lowest BCUT2D eigenvalue weighted by atomic mass is 10.1. The lowest BCUT2D eigenvalue weighted by molar-refractivity contribution is -0.132. The molecular formula is C27H30N2O4. The molecule has 0 aliphatic heterocycles. The molecule has 3 aromatic carbocycles. The van der Waals surface area contributed by atoms with Crippen LogP contribution < -0.4 is 14.8 Å². The van der Waals surface area contributed by atoms with Crippen molar-refractivity contribution < 1.29 is 19.1 Å². The summed E-state index contributed by atoms with van der Waals surface area (Å²) in [5, 5.41) is 2.92. The van der Waals surface area contributed by atoms with Crippen molar-refractivity contribution >= 4 is 17.5 Å². The minimum absolute atomic E-state index is 0.0413. The number of methoxy groups -OCH3 is 1. The van der Waals surface area contributed by atoms with Crippen LogP contribution in [-0.4, -0.2) is 37.5 Å². The summed E-state index contributed by atoms with van der Waals surface area (Å²) in [4.78, 5) is 26.8. The van der Waals surface area contributed by atoms with Crippen LogP contribution in [-0.2, 0) is 4.79 Å². The molecule has 0 aliphatic carbocycles. The Hall–Kier alpha value is -3.80. The molecule has 0 bridgehead atoms. The Morgan fingerprint density at radius 3 is 2.33 bits per heavy atom. The molecule has 0 fully saturated rings. The van der Waals surface area contributed by atoms with Crippen molar-refractivity contribution in [1.29, 1.82) is 0 Å². The van der Waals surface area contributed by atoms with Crippen molar-refractivity contribution in [1.82, 2.24) is 4.90 Å². The molecule has 1 unspecified atom stereocenters. The van der Waals surface area contributed by atoms with Crippen LogP contribution in [0, 0.1) is 0 Å². The van der Waals surface area contributed by atoms with E-state index in [-0.39, 0.29) is 17.9 Å². The number of carbonyl (C=O) groups is 2. The fourth-order valence-electron chi connectivity index (χ4n) is 3.37. The molecule has 0 spiro atoms. The first kappa shape index (κ1) is 23.9. The van der Waals surface area contributed by atoms with E-state index in [1.807, 2.05) is 73.7 Å². The van der Waals surface area contributed by atoms with E-state index in [9.17, 15) is 9.59 Å². The quantitative estimate of drug-likeness (QED) is 0.428. The summed E-state index contributed by atoms with van der Waals surface area (Å²) >= 11 is 0. The molecule has 0 saturated carbocycles. The minimum atomic E-state index is -0.165. The number of hydrogen-bond acceptors (Lipinski definition) is 4. The van der Waals surface area contributed by atoms with Crippen molar-refractivity contribution in [2.75, 3.05) is 26.1 Å². The van der Waals surface area contributed by atoms with Gasteiger partial charge in [-0.3, -0.25) is 9.59 Å². The van der Waals surface area contributed by atoms with Crippen LogP contribution in [0.15, 0.2) is 78.9 Å². The molecule has 6 nitrogen and oxygen atoms in total. The molecule has 1 N–H and O–H groups in total. The van der Waals surface area contributed by atoms with E-state index < -0.39 is 0 Å². The zero-order valence-corrected chi connectivity index (χ0v) is 19.3. The Morgan fingerprint density at radius 1 is 0.939 bits per heavy atom. The predicted molar refractivity (Wildman–Crippen MR) is 130 cm³/mol. The third-order valence-corrected chi connectivity index (χ3v) is 5.50. The third kappa shape index (κ3) is 6.84. The molecular weight excluding hydrogens is 416 g/mol. The highest BCUT2D eigenvalue weighted by atomic mass is 16.5. The van der Waals surface area contributed by atoms with Crippen LogP contribution in [0.1, 0.15) is 41.7 Å². The number of carbonyl (C=O) groups excluding carboxylic acids is 2. The fourth-order valence-corrected chi connectivity index (χ4v) is 3.37. The highest BCUT2D eigenvalue weighted by Crippen LogP contribution is 2.23. The second kappa shape index (κ2) is 11.7. The average molecular weight is 447 g/mol. The van der Waals surface area contributed by atoms with Crippen molar-refractivity contribution in [2.45, 2.75) is 25.8 Å². The zero-order chi connectivity index (χ0) is 23.6. The highest BCUT2D eigenvalue weighted by molar-refractivity contribution is 6.04. The number of ether oxygens (including phenoxy) is 2. The van der Waals surface area contributed by atoms with Crippen LogP contribution >= 0.6 is 0 Å². The van der Waals surface area contributed by atoms with Gasteiger partial charge in [0.25, 0.3) is 5.91 Å². The standard InChI is InChI=1S/C27H30N2O4/c1-20(22-11-7-12-23(19-22)28-27(31)21-9-5-4-6-10-21)29(2)26(30)13-8-18-33-25-16-14-24(32-3)15-17-25/h4-7,9-12,14-17,19-20H,8,13,18H2,1-3H3,(H,28,31). The van der Waals surface area contributed by atoms with Crippen LogP contribution in [0.25, 0.3) is 0 Å². The summed E-state index contributed by atoms with van der Waals surface area (Å²) in [5.74, 6) is 1.40. The Morgan fingerprint density at radius 2 is 1.64 bits per heavy atom. The Balaban J connectivity index is 1.49. The van der Waals surface area contributed by atoms with E-state index in [4.69, 9.17) is 9.47 Å². The maximum atomic E-state index is 12.7. The van der Waals surface area contributed by atoms with E-state index in [0.717, 1.165) is 17.1 Å². The number of hydrogen-bond donors (Lipinski definition) is 1.